The van der Waals surface area contributed by atoms with E-state index in [2.05, 4.69) is 15.3 Å². The van der Waals surface area contributed by atoms with E-state index >= 15 is 0 Å². The van der Waals surface area contributed by atoms with Crippen molar-refractivity contribution in [3.63, 3.8) is 0 Å². The predicted octanol–water partition coefficient (Wildman–Crippen LogP) is 4.95. The Balaban J connectivity index is 1.18. The van der Waals surface area contributed by atoms with Gasteiger partial charge in [-0.3, -0.25) is 0 Å². The molecule has 0 radical (unpaired) electrons. The molecule has 39 heavy (non-hydrogen) atoms. The van der Waals surface area contributed by atoms with E-state index in [1.807, 2.05) is 84.9 Å². The summed E-state index contributed by atoms with van der Waals surface area (Å²) in [5.74, 6) is 2.31. The van der Waals surface area contributed by atoms with Gasteiger partial charge in [-0.2, -0.15) is 0 Å². The number of likely N-dealkylation sites (tertiary alicyclic amines) is 1. The molecule has 0 saturated carbocycles. The number of β-amino-alcohol motifs (C(OH)–C–C–N with tert-alkyl or cyclic N) is 1. The van der Waals surface area contributed by atoms with Crippen molar-refractivity contribution in [3.8, 4) is 22.6 Å². The Kier molecular flexibility index (Phi) is 8.18. The molecule has 2 unspecified atom stereocenters. The molecule has 0 bridgehead atoms. The average Bonchev–Trinajstić information content (AvgIpc) is 2.97. The van der Waals surface area contributed by atoms with Crippen molar-refractivity contribution >= 4 is 17.7 Å². The number of hydrogen-bond acceptors (Lipinski definition) is 8. The lowest BCUT2D eigenvalue weighted by molar-refractivity contribution is 0.0175. The van der Waals surface area contributed by atoms with Crippen LogP contribution in [0.2, 0.25) is 0 Å². The summed E-state index contributed by atoms with van der Waals surface area (Å²) in [6.07, 6.45) is 0.911. The fourth-order valence-corrected chi connectivity index (χ4v) is 4.55. The molecule has 1 aliphatic rings. The standard InChI is InChI=1S/C30H31N5O4/c31-28-27(22-11-13-25(14-12-22)39-24-9-5-2-6-10-24)29(34-20-33-28)32-17-23-15-16-35(18-26(23)36)30(37)38-19-21-7-3-1-4-8-21/h1-14,20,23,26,36H,15-19H2,(H3,31,32,33,34). The summed E-state index contributed by atoms with van der Waals surface area (Å²) in [6.45, 7) is 1.38. The van der Waals surface area contributed by atoms with E-state index in [-0.39, 0.29) is 19.1 Å². The van der Waals surface area contributed by atoms with Gasteiger partial charge in [0, 0.05) is 19.0 Å². The van der Waals surface area contributed by atoms with E-state index in [1.165, 1.54) is 6.33 Å². The first-order valence-electron chi connectivity index (χ1n) is 12.9. The monoisotopic (exact) mass is 525 g/mol. The van der Waals surface area contributed by atoms with Gasteiger partial charge in [0.25, 0.3) is 0 Å². The summed E-state index contributed by atoms with van der Waals surface area (Å²) in [5, 5.41) is 14.1. The number of carbonyl (C=O) groups excluding carboxylic acids is 1. The second-order valence-electron chi connectivity index (χ2n) is 9.41. The van der Waals surface area contributed by atoms with Crippen molar-refractivity contribution in [2.45, 2.75) is 19.1 Å². The number of carbonyl (C=O) groups is 1. The topological polar surface area (TPSA) is 123 Å². The maximum absolute atomic E-state index is 12.5. The van der Waals surface area contributed by atoms with Crippen molar-refractivity contribution in [1.29, 1.82) is 0 Å². The number of aliphatic hydroxyl groups excluding tert-OH is 1. The molecular formula is C30H31N5O4. The Morgan fingerprint density at radius 1 is 0.974 bits per heavy atom. The van der Waals surface area contributed by atoms with E-state index in [1.54, 1.807) is 4.90 Å². The van der Waals surface area contributed by atoms with Gasteiger partial charge in [-0.1, -0.05) is 60.7 Å². The summed E-state index contributed by atoms with van der Waals surface area (Å²) in [4.78, 5) is 22.6. The zero-order valence-electron chi connectivity index (χ0n) is 21.4. The summed E-state index contributed by atoms with van der Waals surface area (Å²) >= 11 is 0. The summed E-state index contributed by atoms with van der Waals surface area (Å²) < 4.78 is 11.3. The minimum absolute atomic E-state index is 0.0751. The highest BCUT2D eigenvalue weighted by molar-refractivity contribution is 5.83. The maximum Gasteiger partial charge on any atom is 0.410 e. The first-order valence-corrected chi connectivity index (χ1v) is 12.9. The molecule has 3 aromatic carbocycles. The van der Waals surface area contributed by atoms with Crippen molar-refractivity contribution in [2.24, 2.45) is 5.92 Å². The molecule has 4 aromatic rings. The van der Waals surface area contributed by atoms with Crippen molar-refractivity contribution in [2.75, 3.05) is 30.7 Å². The van der Waals surface area contributed by atoms with Crippen LogP contribution in [0.15, 0.2) is 91.3 Å². The quantitative estimate of drug-likeness (QED) is 0.295. The van der Waals surface area contributed by atoms with Gasteiger partial charge in [0.2, 0.25) is 0 Å². The smallest absolute Gasteiger partial charge is 0.410 e. The molecule has 1 saturated heterocycles. The number of nitrogen functional groups attached to an aromatic ring is 1. The lowest BCUT2D eigenvalue weighted by Gasteiger charge is -2.35. The summed E-state index contributed by atoms with van der Waals surface area (Å²) in [7, 11) is 0. The number of rotatable bonds is 8. The molecule has 4 N–H and O–H groups in total. The number of nitrogens with zero attached hydrogens (tertiary/aromatic N) is 3. The van der Waals surface area contributed by atoms with Gasteiger partial charge in [0.15, 0.2) is 0 Å². The van der Waals surface area contributed by atoms with Gasteiger partial charge in [-0.25, -0.2) is 14.8 Å². The van der Waals surface area contributed by atoms with Crippen LogP contribution in [0, 0.1) is 5.92 Å². The molecule has 0 spiro atoms. The van der Waals surface area contributed by atoms with Crippen LogP contribution in [0.1, 0.15) is 12.0 Å². The second-order valence-corrected chi connectivity index (χ2v) is 9.41. The lowest BCUT2D eigenvalue weighted by Crippen LogP contribution is -2.48. The van der Waals surface area contributed by atoms with Crippen LogP contribution in [0.4, 0.5) is 16.4 Å². The van der Waals surface area contributed by atoms with Gasteiger partial charge in [-0.05, 0) is 41.8 Å². The third-order valence-electron chi connectivity index (χ3n) is 6.71. The molecule has 1 amide bonds. The number of anilines is 2. The third kappa shape index (κ3) is 6.63. The van der Waals surface area contributed by atoms with E-state index in [9.17, 15) is 9.90 Å². The molecule has 0 aliphatic carbocycles. The molecule has 2 heterocycles. The Bertz CT molecular complexity index is 1370. The summed E-state index contributed by atoms with van der Waals surface area (Å²) in [5.41, 5.74) is 8.68. The third-order valence-corrected chi connectivity index (χ3v) is 6.71. The van der Waals surface area contributed by atoms with Crippen LogP contribution in [-0.2, 0) is 11.3 Å². The van der Waals surface area contributed by atoms with Crippen molar-refractivity contribution in [3.05, 3.63) is 96.8 Å². The highest BCUT2D eigenvalue weighted by Crippen LogP contribution is 2.33. The number of piperidine rings is 1. The van der Waals surface area contributed by atoms with Gasteiger partial charge in [0.1, 0.15) is 36.1 Å². The van der Waals surface area contributed by atoms with Crippen LogP contribution in [0.3, 0.4) is 0 Å². The fourth-order valence-electron chi connectivity index (χ4n) is 4.55. The molecular weight excluding hydrogens is 494 g/mol. The highest BCUT2D eigenvalue weighted by Gasteiger charge is 2.31. The first kappa shape index (κ1) is 26.0. The number of nitrogens with one attached hydrogen (secondary N) is 1. The Hall–Kier alpha value is -4.63. The number of amides is 1. The number of hydrogen-bond donors (Lipinski definition) is 3. The average molecular weight is 526 g/mol. The number of ether oxygens (including phenoxy) is 2. The molecule has 5 rings (SSSR count). The van der Waals surface area contributed by atoms with E-state index < -0.39 is 12.2 Å². The normalized spacial score (nSPS) is 16.9. The molecule has 2 atom stereocenters. The fraction of sp³-hybridized carbons (Fsp3) is 0.233. The van der Waals surface area contributed by atoms with Gasteiger partial charge in [-0.15, -0.1) is 0 Å². The SMILES string of the molecule is Nc1ncnc(NCC2CCN(C(=O)OCc3ccccc3)CC2O)c1-c1ccc(Oc2ccccc2)cc1. The molecule has 9 nitrogen and oxygen atoms in total. The molecule has 1 aliphatic heterocycles. The number of aromatic nitrogens is 2. The van der Waals surface area contributed by atoms with Crippen LogP contribution in [-0.4, -0.2) is 51.8 Å². The van der Waals surface area contributed by atoms with E-state index in [4.69, 9.17) is 15.2 Å². The minimum atomic E-state index is -0.701. The molecule has 200 valence electrons. The second kappa shape index (κ2) is 12.3. The Morgan fingerprint density at radius 3 is 2.38 bits per heavy atom. The number of nitrogens with two attached hydrogens (primary N) is 1. The Morgan fingerprint density at radius 2 is 1.67 bits per heavy atom. The van der Waals surface area contributed by atoms with Crippen LogP contribution in [0.5, 0.6) is 11.5 Å². The number of para-hydroxylation sites is 1. The lowest BCUT2D eigenvalue weighted by atomic mass is 9.94. The van der Waals surface area contributed by atoms with E-state index in [0.717, 1.165) is 16.9 Å². The highest BCUT2D eigenvalue weighted by atomic mass is 16.6. The summed E-state index contributed by atoms with van der Waals surface area (Å²) in [6, 6.07) is 26.6. The number of aliphatic hydroxyl groups is 1. The Labute approximate surface area is 227 Å². The van der Waals surface area contributed by atoms with Crippen molar-refractivity contribution < 1.29 is 19.4 Å². The number of benzene rings is 3. The van der Waals surface area contributed by atoms with Gasteiger partial charge in [0.05, 0.1) is 18.2 Å². The molecule has 1 aromatic heterocycles. The zero-order valence-corrected chi connectivity index (χ0v) is 21.4. The van der Waals surface area contributed by atoms with Crippen LogP contribution >= 0.6 is 0 Å². The van der Waals surface area contributed by atoms with E-state index in [0.29, 0.717) is 42.5 Å². The van der Waals surface area contributed by atoms with Crippen molar-refractivity contribution in [1.82, 2.24) is 14.9 Å². The van der Waals surface area contributed by atoms with Gasteiger partial charge < -0.3 is 30.5 Å². The zero-order chi connectivity index (χ0) is 27.0. The maximum atomic E-state index is 12.5. The first-order chi connectivity index (χ1) is 19.1. The van der Waals surface area contributed by atoms with Crippen LogP contribution < -0.4 is 15.8 Å². The molecule has 1 fully saturated rings. The van der Waals surface area contributed by atoms with Gasteiger partial charge >= 0.3 is 6.09 Å². The largest absolute Gasteiger partial charge is 0.457 e. The predicted molar refractivity (Wildman–Crippen MR) is 149 cm³/mol. The minimum Gasteiger partial charge on any atom is -0.457 e. The van der Waals surface area contributed by atoms with Crippen LogP contribution in [0.25, 0.3) is 11.1 Å². The molecule has 9 heteroatoms.